The van der Waals surface area contributed by atoms with Gasteiger partial charge in [0.1, 0.15) is 0 Å². The van der Waals surface area contributed by atoms with Gasteiger partial charge in [0.25, 0.3) is 0 Å². The van der Waals surface area contributed by atoms with E-state index in [4.69, 9.17) is 10.5 Å². The summed E-state index contributed by atoms with van der Waals surface area (Å²) in [5.41, 5.74) is 5.58. The maximum atomic E-state index is 6.03. The van der Waals surface area contributed by atoms with Crippen molar-refractivity contribution < 1.29 is 4.74 Å². The fourth-order valence-corrected chi connectivity index (χ4v) is 2.59. The van der Waals surface area contributed by atoms with Crippen molar-refractivity contribution in [2.24, 2.45) is 11.7 Å². The molecule has 1 unspecified atom stereocenters. The van der Waals surface area contributed by atoms with Gasteiger partial charge in [0.05, 0.1) is 11.2 Å². The predicted octanol–water partition coefficient (Wildman–Crippen LogP) is 1.47. The largest absolute Gasteiger partial charge is 0.367 e. The lowest BCUT2D eigenvalue weighted by molar-refractivity contribution is -0.181. The Hall–Kier alpha value is -0.120. The minimum atomic E-state index is -0.0456. The van der Waals surface area contributed by atoms with Gasteiger partial charge in [-0.25, -0.2) is 0 Å². The average molecular weight is 214 g/mol. The number of hydrogen-bond donors (Lipinski definition) is 1. The second-order valence-corrected chi connectivity index (χ2v) is 6.13. The molecular weight excluding hydrogens is 188 g/mol. The van der Waals surface area contributed by atoms with Crippen LogP contribution in [0.1, 0.15) is 34.6 Å². The third-order valence-corrected chi connectivity index (χ3v) is 2.73. The predicted molar refractivity (Wildman–Crippen MR) is 63.9 cm³/mol. The van der Waals surface area contributed by atoms with Crippen molar-refractivity contribution in [1.82, 2.24) is 4.90 Å². The van der Waals surface area contributed by atoms with Gasteiger partial charge in [0.2, 0.25) is 0 Å². The number of nitrogens with zero attached hydrogens (tertiary/aromatic N) is 1. The number of nitrogens with two attached hydrogens (primary N) is 1. The van der Waals surface area contributed by atoms with E-state index in [1.807, 2.05) is 0 Å². The molecule has 1 atom stereocenters. The van der Waals surface area contributed by atoms with Gasteiger partial charge in [0, 0.05) is 19.6 Å². The second-order valence-electron chi connectivity index (χ2n) is 6.13. The molecule has 0 aliphatic carbocycles. The van der Waals surface area contributed by atoms with Gasteiger partial charge in [-0.1, -0.05) is 6.92 Å². The van der Waals surface area contributed by atoms with Crippen LogP contribution in [0.3, 0.4) is 0 Å². The van der Waals surface area contributed by atoms with E-state index in [1.54, 1.807) is 0 Å². The third-order valence-electron chi connectivity index (χ3n) is 2.73. The molecule has 0 spiro atoms. The van der Waals surface area contributed by atoms with Gasteiger partial charge in [0.15, 0.2) is 0 Å². The molecule has 0 aromatic carbocycles. The second kappa shape index (κ2) is 4.40. The van der Waals surface area contributed by atoms with Crippen molar-refractivity contribution in [3.8, 4) is 0 Å². The average Bonchev–Trinajstić information content (AvgIpc) is 1.97. The summed E-state index contributed by atoms with van der Waals surface area (Å²) in [6.07, 6.45) is 0. The van der Waals surface area contributed by atoms with Crippen molar-refractivity contribution in [2.75, 3.05) is 26.2 Å². The van der Waals surface area contributed by atoms with E-state index < -0.39 is 0 Å². The summed E-state index contributed by atoms with van der Waals surface area (Å²) in [5.74, 6) is 0.565. The number of morpholine rings is 1. The SMILES string of the molecule is CC(CN)CN1CC(C)(C)OC(C)(C)C1. The third kappa shape index (κ3) is 4.09. The zero-order chi connectivity index (χ0) is 11.7. The first-order valence-corrected chi connectivity index (χ1v) is 5.87. The molecule has 0 saturated carbocycles. The molecule has 1 fully saturated rings. The molecule has 0 amide bonds. The highest BCUT2D eigenvalue weighted by Gasteiger charge is 2.38. The smallest absolute Gasteiger partial charge is 0.0760 e. The number of ether oxygens (including phenoxy) is 1. The van der Waals surface area contributed by atoms with Gasteiger partial charge in [-0.05, 0) is 40.2 Å². The van der Waals surface area contributed by atoms with Crippen LogP contribution in [0.2, 0.25) is 0 Å². The highest BCUT2D eigenvalue weighted by molar-refractivity contribution is 4.89. The minimum absolute atomic E-state index is 0.0456. The Morgan fingerprint density at radius 2 is 1.67 bits per heavy atom. The van der Waals surface area contributed by atoms with Crippen LogP contribution in [0.15, 0.2) is 0 Å². The van der Waals surface area contributed by atoms with E-state index in [0.29, 0.717) is 5.92 Å². The van der Waals surface area contributed by atoms with Gasteiger partial charge in [-0.15, -0.1) is 0 Å². The van der Waals surface area contributed by atoms with Gasteiger partial charge < -0.3 is 10.5 Å². The molecule has 3 nitrogen and oxygen atoms in total. The molecule has 2 N–H and O–H groups in total. The number of rotatable bonds is 3. The van der Waals surface area contributed by atoms with Crippen LogP contribution in [0, 0.1) is 5.92 Å². The summed E-state index contributed by atoms with van der Waals surface area (Å²) in [6, 6.07) is 0. The number of hydrogen-bond acceptors (Lipinski definition) is 3. The molecule has 0 radical (unpaired) electrons. The van der Waals surface area contributed by atoms with Crippen LogP contribution < -0.4 is 5.73 Å². The maximum absolute atomic E-state index is 6.03. The Morgan fingerprint density at radius 1 is 1.20 bits per heavy atom. The quantitative estimate of drug-likeness (QED) is 0.773. The summed E-state index contributed by atoms with van der Waals surface area (Å²) in [5, 5.41) is 0. The van der Waals surface area contributed by atoms with Gasteiger partial charge in [-0.3, -0.25) is 4.90 Å². The van der Waals surface area contributed by atoms with E-state index in [0.717, 1.165) is 26.2 Å². The highest BCUT2D eigenvalue weighted by atomic mass is 16.5. The van der Waals surface area contributed by atoms with Crippen LogP contribution in [0.25, 0.3) is 0 Å². The molecule has 0 bridgehead atoms. The van der Waals surface area contributed by atoms with Crippen molar-refractivity contribution in [3.05, 3.63) is 0 Å². The molecule has 0 aromatic rings. The van der Waals surface area contributed by atoms with E-state index >= 15 is 0 Å². The molecule has 1 aliphatic heterocycles. The fraction of sp³-hybridized carbons (Fsp3) is 1.00. The molecular formula is C12H26N2O. The van der Waals surface area contributed by atoms with Gasteiger partial charge in [-0.2, -0.15) is 0 Å². The van der Waals surface area contributed by atoms with Crippen molar-refractivity contribution in [1.29, 1.82) is 0 Å². The summed E-state index contributed by atoms with van der Waals surface area (Å²) < 4.78 is 6.03. The molecule has 1 aliphatic rings. The van der Waals surface area contributed by atoms with Crippen LogP contribution in [-0.2, 0) is 4.74 Å². The first kappa shape index (κ1) is 12.9. The zero-order valence-corrected chi connectivity index (χ0v) is 10.8. The summed E-state index contributed by atoms with van der Waals surface area (Å²) in [6.45, 7) is 14.7. The Labute approximate surface area is 94.0 Å². The molecule has 15 heavy (non-hydrogen) atoms. The van der Waals surface area contributed by atoms with Crippen LogP contribution in [0.5, 0.6) is 0 Å². The van der Waals surface area contributed by atoms with Crippen LogP contribution in [-0.4, -0.2) is 42.3 Å². The van der Waals surface area contributed by atoms with Crippen LogP contribution in [0.4, 0.5) is 0 Å². The summed E-state index contributed by atoms with van der Waals surface area (Å²) in [7, 11) is 0. The Kier molecular flexibility index (Phi) is 3.80. The van der Waals surface area contributed by atoms with Crippen molar-refractivity contribution >= 4 is 0 Å². The monoisotopic (exact) mass is 214 g/mol. The Bertz CT molecular complexity index is 198. The Morgan fingerprint density at radius 3 is 2.07 bits per heavy atom. The molecule has 1 saturated heterocycles. The van der Waals surface area contributed by atoms with Crippen LogP contribution >= 0.6 is 0 Å². The minimum Gasteiger partial charge on any atom is -0.367 e. The molecule has 1 rings (SSSR count). The van der Waals surface area contributed by atoms with Crippen molar-refractivity contribution in [3.63, 3.8) is 0 Å². The van der Waals surface area contributed by atoms with E-state index in [9.17, 15) is 0 Å². The molecule has 90 valence electrons. The summed E-state index contributed by atoms with van der Waals surface area (Å²) in [4.78, 5) is 2.47. The standard InChI is InChI=1S/C12H26N2O/c1-10(6-13)7-14-8-11(2,3)15-12(4,5)9-14/h10H,6-9,13H2,1-5H3. The normalized spacial score (nSPS) is 27.6. The lowest BCUT2D eigenvalue weighted by Crippen LogP contribution is -2.58. The van der Waals surface area contributed by atoms with Crippen molar-refractivity contribution in [2.45, 2.75) is 45.8 Å². The van der Waals surface area contributed by atoms with Gasteiger partial charge >= 0.3 is 0 Å². The zero-order valence-electron chi connectivity index (χ0n) is 10.8. The van der Waals surface area contributed by atoms with E-state index in [2.05, 4.69) is 39.5 Å². The van der Waals surface area contributed by atoms with E-state index in [-0.39, 0.29) is 11.2 Å². The fourth-order valence-electron chi connectivity index (χ4n) is 2.59. The molecule has 3 heteroatoms. The van der Waals surface area contributed by atoms with E-state index in [1.165, 1.54) is 0 Å². The maximum Gasteiger partial charge on any atom is 0.0760 e. The lowest BCUT2D eigenvalue weighted by atomic mass is 9.98. The Balaban J connectivity index is 2.59. The highest BCUT2D eigenvalue weighted by Crippen LogP contribution is 2.28. The summed E-state index contributed by atoms with van der Waals surface area (Å²) >= 11 is 0. The first-order chi connectivity index (χ1) is 6.74. The topological polar surface area (TPSA) is 38.5 Å². The lowest BCUT2D eigenvalue weighted by Gasteiger charge is -2.47. The molecule has 0 aromatic heterocycles. The molecule has 1 heterocycles. The first-order valence-electron chi connectivity index (χ1n) is 5.87.